The molecule has 0 fully saturated rings. The Labute approximate surface area is 316 Å². The van der Waals surface area contributed by atoms with Crippen LogP contribution in [0.2, 0.25) is 0 Å². The monoisotopic (exact) mass is 749 g/mol. The van der Waals surface area contributed by atoms with E-state index in [1.807, 2.05) is 78.1 Å². The lowest BCUT2D eigenvalue weighted by atomic mass is 9.91. The van der Waals surface area contributed by atoms with Crippen molar-refractivity contribution < 1.29 is 33.8 Å². The fourth-order valence-corrected chi connectivity index (χ4v) is 6.03. The van der Waals surface area contributed by atoms with Crippen LogP contribution >= 0.6 is 11.8 Å². The van der Waals surface area contributed by atoms with Crippen molar-refractivity contribution in [2.75, 3.05) is 12.0 Å². The van der Waals surface area contributed by atoms with Gasteiger partial charge in [-0.1, -0.05) is 85.2 Å². The summed E-state index contributed by atoms with van der Waals surface area (Å²) < 4.78 is 5.37. The summed E-state index contributed by atoms with van der Waals surface area (Å²) >= 11 is 1.53. The Morgan fingerprint density at radius 1 is 0.769 bits per heavy atom. The Morgan fingerprint density at radius 3 is 1.90 bits per heavy atom. The highest BCUT2D eigenvalue weighted by atomic mass is 32.2. The first-order valence-electron chi connectivity index (χ1n) is 18.7. The standard InChI is InChI=1S/C39H67N5O7S/c1-12-26(6)33(37(49)40-23-28-16-14-13-15-17-28)44-34(46)27(7)22-32(45)30(20-24(2)3)42-35(47)29(18-19-52-11)41-36(48)31(21-25(4)5)43-38(50)51-39(8,9)10/h13-17,24-27,29-33,45H,12,18-23H2,1-11H3,(H,40,49)(H,41,48)(H,42,47)(H,43,50)(H,44,46)/t26-,27+,29-,30-,31-,32-,33-/m0/s1. The van der Waals surface area contributed by atoms with Crippen molar-refractivity contribution in [3.63, 3.8) is 0 Å². The molecule has 5 amide bonds. The fraction of sp³-hybridized carbons (Fsp3) is 0.718. The molecule has 0 aliphatic carbocycles. The molecule has 1 rings (SSSR count). The first kappa shape index (κ1) is 46.7. The number of ether oxygens (including phenoxy) is 1. The maximum Gasteiger partial charge on any atom is 0.408 e. The predicted octanol–water partition coefficient (Wildman–Crippen LogP) is 4.93. The molecule has 1 aromatic carbocycles. The molecular weight excluding hydrogens is 683 g/mol. The number of carbonyl (C=O) groups excluding carboxylic acids is 5. The van der Waals surface area contributed by atoms with Gasteiger partial charge in [0, 0.05) is 12.5 Å². The minimum absolute atomic E-state index is 0.0421. The molecule has 13 heteroatoms. The molecule has 0 aromatic heterocycles. The second-order valence-corrected chi connectivity index (χ2v) is 16.7. The van der Waals surface area contributed by atoms with Crippen LogP contribution in [0.1, 0.15) is 107 Å². The molecule has 296 valence electrons. The molecule has 0 unspecified atom stereocenters. The van der Waals surface area contributed by atoms with Crippen LogP contribution in [0.5, 0.6) is 0 Å². The average molecular weight is 750 g/mol. The van der Waals surface area contributed by atoms with Gasteiger partial charge in [-0.15, -0.1) is 0 Å². The molecule has 0 aliphatic rings. The highest BCUT2D eigenvalue weighted by Gasteiger charge is 2.33. The summed E-state index contributed by atoms with van der Waals surface area (Å²) in [6.45, 7) is 18.9. The average Bonchev–Trinajstić information content (AvgIpc) is 3.05. The highest BCUT2D eigenvalue weighted by molar-refractivity contribution is 7.98. The second kappa shape index (κ2) is 23.4. The Hall–Kier alpha value is -3.32. The lowest BCUT2D eigenvalue weighted by Gasteiger charge is -2.31. The third kappa shape index (κ3) is 18.4. The zero-order valence-electron chi connectivity index (χ0n) is 33.3. The van der Waals surface area contributed by atoms with E-state index in [1.54, 1.807) is 27.7 Å². The maximum atomic E-state index is 13.8. The third-order valence-corrected chi connectivity index (χ3v) is 9.27. The number of hydrogen-bond donors (Lipinski definition) is 6. The van der Waals surface area contributed by atoms with Crippen LogP contribution in [0.3, 0.4) is 0 Å². The van der Waals surface area contributed by atoms with Crippen LogP contribution in [0.25, 0.3) is 0 Å². The number of aliphatic hydroxyl groups excluding tert-OH is 1. The number of thioether (sulfide) groups is 1. The first-order chi connectivity index (χ1) is 24.3. The SMILES string of the molecule is CC[C@H](C)[C@H](NC(=O)[C@H](C)C[C@H](O)[C@H](CC(C)C)NC(=O)[C@H](CCSC)NC(=O)[C@H](CC(C)C)NC(=O)OC(C)(C)C)C(=O)NCc1ccccc1. The van der Waals surface area contributed by atoms with Crippen molar-refractivity contribution in [3.8, 4) is 0 Å². The number of aliphatic hydroxyl groups is 1. The van der Waals surface area contributed by atoms with E-state index in [2.05, 4.69) is 26.6 Å². The molecule has 6 N–H and O–H groups in total. The summed E-state index contributed by atoms with van der Waals surface area (Å²) in [5.74, 6) is -1.66. The molecule has 0 heterocycles. The molecule has 0 saturated heterocycles. The topological polar surface area (TPSA) is 175 Å². The van der Waals surface area contributed by atoms with Crippen molar-refractivity contribution in [2.24, 2.45) is 23.7 Å². The number of nitrogens with one attached hydrogen (secondary N) is 5. The van der Waals surface area contributed by atoms with Gasteiger partial charge in [0.15, 0.2) is 0 Å². The van der Waals surface area contributed by atoms with Crippen LogP contribution in [-0.4, -0.2) is 82.7 Å². The summed E-state index contributed by atoms with van der Waals surface area (Å²) in [7, 11) is 0. The largest absolute Gasteiger partial charge is 0.444 e. The van der Waals surface area contributed by atoms with Crippen LogP contribution in [0.15, 0.2) is 30.3 Å². The predicted molar refractivity (Wildman–Crippen MR) is 208 cm³/mol. The summed E-state index contributed by atoms with van der Waals surface area (Å²) in [5.41, 5.74) is 0.198. The van der Waals surface area contributed by atoms with E-state index in [0.29, 0.717) is 38.0 Å². The van der Waals surface area contributed by atoms with Gasteiger partial charge < -0.3 is 36.4 Å². The number of hydrogen-bond acceptors (Lipinski definition) is 8. The summed E-state index contributed by atoms with van der Waals surface area (Å²) in [4.78, 5) is 66.4. The maximum absolute atomic E-state index is 13.8. The number of benzene rings is 1. The summed E-state index contributed by atoms with van der Waals surface area (Å²) in [6, 6.07) is 6.22. The second-order valence-electron chi connectivity index (χ2n) is 15.7. The molecule has 1 aromatic rings. The number of alkyl carbamates (subject to hydrolysis) is 1. The van der Waals surface area contributed by atoms with Gasteiger partial charge in [-0.2, -0.15) is 11.8 Å². The molecule has 0 radical (unpaired) electrons. The van der Waals surface area contributed by atoms with E-state index in [-0.39, 0.29) is 36.0 Å². The molecule has 0 bridgehead atoms. The smallest absolute Gasteiger partial charge is 0.408 e. The zero-order chi connectivity index (χ0) is 39.6. The van der Waals surface area contributed by atoms with Crippen molar-refractivity contribution in [2.45, 2.75) is 144 Å². The number of carbonyl (C=O) groups is 5. The van der Waals surface area contributed by atoms with Crippen LogP contribution in [0, 0.1) is 23.7 Å². The van der Waals surface area contributed by atoms with E-state index in [1.165, 1.54) is 11.8 Å². The Bertz CT molecular complexity index is 1260. The minimum Gasteiger partial charge on any atom is -0.444 e. The van der Waals surface area contributed by atoms with Crippen molar-refractivity contribution in [1.82, 2.24) is 26.6 Å². The third-order valence-electron chi connectivity index (χ3n) is 8.62. The molecule has 0 aliphatic heterocycles. The minimum atomic E-state index is -1.08. The van der Waals surface area contributed by atoms with Crippen LogP contribution in [0.4, 0.5) is 4.79 Å². The van der Waals surface area contributed by atoms with Crippen molar-refractivity contribution >= 4 is 41.5 Å². The molecule has 12 nitrogen and oxygen atoms in total. The van der Waals surface area contributed by atoms with Gasteiger partial charge in [0.2, 0.25) is 23.6 Å². The number of amides is 5. The normalized spacial score (nSPS) is 15.7. The summed E-state index contributed by atoms with van der Waals surface area (Å²) in [5, 5.41) is 25.7. The van der Waals surface area contributed by atoms with Gasteiger partial charge >= 0.3 is 6.09 Å². The fourth-order valence-electron chi connectivity index (χ4n) is 5.56. The summed E-state index contributed by atoms with van der Waals surface area (Å²) in [6.07, 6.45) is 1.90. The van der Waals surface area contributed by atoms with E-state index in [0.717, 1.165) is 5.56 Å². The van der Waals surface area contributed by atoms with Crippen molar-refractivity contribution in [3.05, 3.63) is 35.9 Å². The van der Waals surface area contributed by atoms with Gasteiger partial charge in [0.05, 0.1) is 12.1 Å². The van der Waals surface area contributed by atoms with Crippen molar-refractivity contribution in [1.29, 1.82) is 0 Å². The van der Waals surface area contributed by atoms with Gasteiger partial charge in [-0.05, 0) is 81.8 Å². The van der Waals surface area contributed by atoms with E-state index < -0.39 is 59.7 Å². The first-order valence-corrected chi connectivity index (χ1v) is 20.1. The van der Waals surface area contributed by atoms with Crippen LogP contribution in [-0.2, 0) is 30.5 Å². The van der Waals surface area contributed by atoms with E-state index in [9.17, 15) is 29.1 Å². The quantitative estimate of drug-likeness (QED) is 0.0968. The van der Waals surface area contributed by atoms with Gasteiger partial charge in [0.25, 0.3) is 0 Å². The lowest BCUT2D eigenvalue weighted by molar-refractivity contribution is -0.133. The molecular formula is C39H67N5O7S. The Kier molecular flexibility index (Phi) is 21.0. The van der Waals surface area contributed by atoms with E-state index in [4.69, 9.17) is 4.74 Å². The number of rotatable bonds is 22. The van der Waals surface area contributed by atoms with Gasteiger partial charge in [-0.3, -0.25) is 19.2 Å². The van der Waals surface area contributed by atoms with Gasteiger partial charge in [0.1, 0.15) is 23.7 Å². The van der Waals surface area contributed by atoms with Crippen LogP contribution < -0.4 is 26.6 Å². The molecule has 0 saturated carbocycles. The molecule has 52 heavy (non-hydrogen) atoms. The van der Waals surface area contributed by atoms with E-state index >= 15 is 0 Å². The highest BCUT2D eigenvalue weighted by Crippen LogP contribution is 2.18. The lowest BCUT2D eigenvalue weighted by Crippen LogP contribution is -2.57. The Morgan fingerprint density at radius 2 is 1.37 bits per heavy atom. The zero-order valence-corrected chi connectivity index (χ0v) is 34.2. The molecule has 7 atom stereocenters. The molecule has 0 spiro atoms. The van der Waals surface area contributed by atoms with Gasteiger partial charge in [-0.25, -0.2) is 4.79 Å². The Balaban J connectivity index is 3.06.